The summed E-state index contributed by atoms with van der Waals surface area (Å²) in [5.41, 5.74) is 1.13. The van der Waals surface area contributed by atoms with Crippen LogP contribution in [0.4, 0.5) is 5.82 Å². The number of halogens is 1. The SMILES string of the molecule is CC1(C)CC(=O)C2=C(C1)Nc1[nH]c(=O)[nH]c(=O)c1[C@@H]2c1cccc(Cl)c1. The molecule has 2 heterocycles. The second-order valence-corrected chi connectivity index (χ2v) is 8.08. The van der Waals surface area contributed by atoms with Gasteiger partial charge in [-0.05, 0) is 29.5 Å². The number of fused-ring (bicyclic) bond motifs is 1. The highest BCUT2D eigenvalue weighted by Gasteiger charge is 2.42. The number of aromatic nitrogens is 2. The largest absolute Gasteiger partial charge is 0.344 e. The second kappa shape index (κ2) is 5.71. The van der Waals surface area contributed by atoms with Crippen molar-refractivity contribution in [1.82, 2.24) is 9.97 Å². The van der Waals surface area contributed by atoms with Crippen LogP contribution in [0.2, 0.25) is 5.02 Å². The van der Waals surface area contributed by atoms with E-state index >= 15 is 0 Å². The van der Waals surface area contributed by atoms with Crippen molar-refractivity contribution in [3.63, 3.8) is 0 Å². The lowest BCUT2D eigenvalue weighted by molar-refractivity contribution is -0.118. The van der Waals surface area contributed by atoms with E-state index < -0.39 is 17.2 Å². The van der Waals surface area contributed by atoms with Gasteiger partial charge in [0.25, 0.3) is 5.56 Å². The zero-order chi connectivity index (χ0) is 18.6. The quantitative estimate of drug-likeness (QED) is 0.718. The van der Waals surface area contributed by atoms with Crippen molar-refractivity contribution in [2.45, 2.75) is 32.6 Å². The number of benzene rings is 1. The molecule has 26 heavy (non-hydrogen) atoms. The summed E-state index contributed by atoms with van der Waals surface area (Å²) in [7, 11) is 0. The molecule has 2 aliphatic rings. The van der Waals surface area contributed by atoms with E-state index in [1.54, 1.807) is 18.2 Å². The van der Waals surface area contributed by atoms with E-state index in [0.29, 0.717) is 34.8 Å². The molecule has 1 aliphatic heterocycles. The molecule has 1 atom stereocenters. The molecule has 2 aromatic rings. The van der Waals surface area contributed by atoms with Crippen molar-refractivity contribution >= 4 is 23.2 Å². The number of H-pyrrole nitrogens is 2. The number of rotatable bonds is 1. The minimum absolute atomic E-state index is 0.00461. The third kappa shape index (κ3) is 2.70. The maximum Gasteiger partial charge on any atom is 0.327 e. The molecule has 1 aliphatic carbocycles. The summed E-state index contributed by atoms with van der Waals surface area (Å²) in [6.07, 6.45) is 1.06. The van der Waals surface area contributed by atoms with Crippen LogP contribution < -0.4 is 16.6 Å². The molecule has 0 bridgehead atoms. The van der Waals surface area contributed by atoms with Crippen molar-refractivity contribution in [3.05, 3.63) is 72.5 Å². The number of allylic oxidation sites excluding steroid dienone is 2. The average Bonchev–Trinajstić information content (AvgIpc) is 2.51. The van der Waals surface area contributed by atoms with Crippen molar-refractivity contribution in [3.8, 4) is 0 Å². The normalized spacial score (nSPS) is 21.0. The lowest BCUT2D eigenvalue weighted by atomic mass is 9.69. The number of hydrogen-bond acceptors (Lipinski definition) is 4. The Morgan fingerprint density at radius 1 is 1.12 bits per heavy atom. The number of hydrogen-bond donors (Lipinski definition) is 3. The summed E-state index contributed by atoms with van der Waals surface area (Å²) in [6.45, 7) is 4.06. The van der Waals surface area contributed by atoms with Gasteiger partial charge < -0.3 is 5.32 Å². The van der Waals surface area contributed by atoms with Gasteiger partial charge in [-0.1, -0.05) is 37.6 Å². The maximum absolute atomic E-state index is 13.0. The second-order valence-electron chi connectivity index (χ2n) is 7.64. The van der Waals surface area contributed by atoms with Crippen LogP contribution in [0.1, 0.15) is 43.7 Å². The van der Waals surface area contributed by atoms with Gasteiger partial charge in [0.15, 0.2) is 5.78 Å². The van der Waals surface area contributed by atoms with E-state index in [4.69, 9.17) is 11.6 Å². The fraction of sp³-hybridized carbons (Fsp3) is 0.316. The van der Waals surface area contributed by atoms with Crippen LogP contribution in [0, 0.1) is 5.41 Å². The molecule has 4 rings (SSSR count). The van der Waals surface area contributed by atoms with Crippen molar-refractivity contribution < 1.29 is 4.79 Å². The molecule has 0 unspecified atom stereocenters. The first-order valence-electron chi connectivity index (χ1n) is 8.40. The number of ketones is 1. The van der Waals surface area contributed by atoms with Crippen LogP contribution >= 0.6 is 11.6 Å². The van der Waals surface area contributed by atoms with Crippen LogP contribution in [-0.2, 0) is 4.79 Å². The van der Waals surface area contributed by atoms with Crippen LogP contribution in [0.5, 0.6) is 0 Å². The van der Waals surface area contributed by atoms with Crippen LogP contribution in [0.15, 0.2) is 45.1 Å². The summed E-state index contributed by atoms with van der Waals surface area (Å²) >= 11 is 6.15. The fourth-order valence-corrected chi connectivity index (χ4v) is 4.16. The number of nitrogens with one attached hydrogen (secondary N) is 3. The monoisotopic (exact) mass is 371 g/mol. The molecule has 0 radical (unpaired) electrons. The van der Waals surface area contributed by atoms with E-state index in [9.17, 15) is 14.4 Å². The molecule has 134 valence electrons. The molecule has 7 heteroatoms. The van der Waals surface area contributed by atoms with E-state index in [0.717, 1.165) is 11.3 Å². The minimum Gasteiger partial charge on any atom is -0.344 e. The Kier molecular flexibility index (Phi) is 3.70. The van der Waals surface area contributed by atoms with Crippen molar-refractivity contribution in [1.29, 1.82) is 0 Å². The summed E-state index contributed by atoms with van der Waals surface area (Å²) in [6, 6.07) is 7.12. The van der Waals surface area contributed by atoms with Gasteiger partial charge in [0.2, 0.25) is 0 Å². The molecule has 6 nitrogen and oxygen atoms in total. The average molecular weight is 372 g/mol. The molecule has 1 aromatic heterocycles. The highest BCUT2D eigenvalue weighted by atomic mass is 35.5. The topological polar surface area (TPSA) is 94.8 Å². The van der Waals surface area contributed by atoms with Gasteiger partial charge in [-0.15, -0.1) is 0 Å². The number of aromatic amines is 2. The Hall–Kier alpha value is -2.60. The molecule has 3 N–H and O–H groups in total. The maximum atomic E-state index is 13.0. The Balaban J connectivity index is 2.02. The van der Waals surface area contributed by atoms with Gasteiger partial charge >= 0.3 is 5.69 Å². The zero-order valence-corrected chi connectivity index (χ0v) is 15.2. The Morgan fingerprint density at radius 2 is 1.88 bits per heavy atom. The van der Waals surface area contributed by atoms with E-state index in [-0.39, 0.29) is 11.2 Å². The third-order valence-corrected chi connectivity index (χ3v) is 5.17. The summed E-state index contributed by atoms with van der Waals surface area (Å²) in [4.78, 5) is 42.2. The highest BCUT2D eigenvalue weighted by Crippen LogP contribution is 2.47. The number of anilines is 1. The van der Waals surface area contributed by atoms with Crippen LogP contribution in [0.25, 0.3) is 0 Å². The fourth-order valence-electron chi connectivity index (χ4n) is 3.97. The molecule has 0 spiro atoms. The lowest BCUT2D eigenvalue weighted by Gasteiger charge is -2.38. The zero-order valence-electron chi connectivity index (χ0n) is 14.4. The molecule has 0 amide bonds. The predicted octanol–water partition coefficient (Wildman–Crippen LogP) is 2.92. The van der Waals surface area contributed by atoms with Crippen LogP contribution in [0.3, 0.4) is 0 Å². The first kappa shape index (κ1) is 16.8. The minimum atomic E-state index is -0.587. The van der Waals surface area contributed by atoms with E-state index in [1.807, 2.05) is 19.9 Å². The molecule has 0 fully saturated rings. The summed E-state index contributed by atoms with van der Waals surface area (Å²) in [5, 5.41) is 3.65. The Morgan fingerprint density at radius 3 is 2.62 bits per heavy atom. The van der Waals surface area contributed by atoms with E-state index in [2.05, 4.69) is 15.3 Å². The molecule has 0 saturated heterocycles. The Bertz CT molecular complexity index is 1080. The number of carbonyl (C=O) groups is 1. The Labute approximate surface area is 154 Å². The van der Waals surface area contributed by atoms with Gasteiger partial charge in [0, 0.05) is 28.6 Å². The predicted molar refractivity (Wildman–Crippen MR) is 99.6 cm³/mol. The molecular weight excluding hydrogens is 354 g/mol. The van der Waals surface area contributed by atoms with Gasteiger partial charge in [0.05, 0.1) is 5.56 Å². The van der Waals surface area contributed by atoms with Crippen molar-refractivity contribution in [2.75, 3.05) is 5.32 Å². The van der Waals surface area contributed by atoms with Gasteiger partial charge in [0.1, 0.15) is 5.82 Å². The standard InChI is InChI=1S/C19H18ClN3O3/c1-19(2)7-11-14(12(24)8-19)13(9-4-3-5-10(20)6-9)15-16(21-11)22-18(26)23-17(15)25/h3-6,13H,7-8H2,1-2H3,(H3,21,22,23,25,26)/t13-/m1/s1. The number of Topliss-reactive ketones (excluding diaryl/α,β-unsaturated/α-hetero) is 1. The first-order chi connectivity index (χ1) is 12.2. The smallest absolute Gasteiger partial charge is 0.327 e. The van der Waals surface area contributed by atoms with Gasteiger partial charge in [-0.2, -0.15) is 0 Å². The van der Waals surface area contributed by atoms with Crippen LogP contribution in [-0.4, -0.2) is 15.8 Å². The lowest BCUT2D eigenvalue weighted by Crippen LogP contribution is -2.38. The summed E-state index contributed by atoms with van der Waals surface area (Å²) < 4.78 is 0. The highest BCUT2D eigenvalue weighted by molar-refractivity contribution is 6.30. The number of carbonyl (C=O) groups excluding carboxylic acids is 1. The van der Waals surface area contributed by atoms with Crippen molar-refractivity contribution in [2.24, 2.45) is 5.41 Å². The molecule has 0 saturated carbocycles. The third-order valence-electron chi connectivity index (χ3n) is 4.93. The molecular formula is C19H18ClN3O3. The van der Waals surface area contributed by atoms with Gasteiger partial charge in [-0.25, -0.2) is 4.79 Å². The van der Waals surface area contributed by atoms with E-state index in [1.165, 1.54) is 0 Å². The van der Waals surface area contributed by atoms with Gasteiger partial charge in [-0.3, -0.25) is 19.6 Å². The molecule has 1 aromatic carbocycles. The summed E-state index contributed by atoms with van der Waals surface area (Å²) in [5.74, 6) is -0.220. The first-order valence-corrected chi connectivity index (χ1v) is 8.78.